The summed E-state index contributed by atoms with van der Waals surface area (Å²) in [5, 5.41) is 8.43. The number of aromatic amines is 1. The Balaban J connectivity index is 1.53. The number of H-pyrrole nitrogens is 1. The Hall–Kier alpha value is -2.93. The molecule has 2 saturated carbocycles. The molecular weight excluding hydrogens is 414 g/mol. The maximum atomic E-state index is 13.7. The molecular formula is C23H24ClN5O2. The quantitative estimate of drug-likeness (QED) is 0.624. The minimum Gasteiger partial charge on any atom is -0.310 e. The van der Waals surface area contributed by atoms with Gasteiger partial charge in [-0.2, -0.15) is 9.78 Å². The number of hydrogen-bond acceptors (Lipinski definition) is 4. The lowest BCUT2D eigenvalue weighted by atomic mass is 9.78. The fraction of sp³-hybridized carbons (Fsp3) is 0.391. The van der Waals surface area contributed by atoms with Gasteiger partial charge in [-0.15, -0.1) is 0 Å². The van der Waals surface area contributed by atoms with Gasteiger partial charge in [-0.3, -0.25) is 14.6 Å². The first-order valence-corrected chi connectivity index (χ1v) is 11.1. The number of halogens is 1. The number of carbonyl (C=O) groups excluding carboxylic acids is 1. The van der Waals surface area contributed by atoms with E-state index in [9.17, 15) is 9.59 Å². The molecule has 3 aromatic rings. The predicted molar refractivity (Wildman–Crippen MR) is 119 cm³/mol. The molecule has 8 heteroatoms. The van der Waals surface area contributed by atoms with E-state index in [1.54, 1.807) is 11.6 Å². The van der Waals surface area contributed by atoms with Crippen LogP contribution in [0.1, 0.15) is 61.4 Å². The van der Waals surface area contributed by atoms with E-state index in [1.807, 2.05) is 30.3 Å². The first-order chi connectivity index (χ1) is 14.9. The molecule has 160 valence electrons. The average Bonchev–Trinajstić information content (AvgIpc) is 3.30. The zero-order chi connectivity index (χ0) is 21.6. The third-order valence-corrected chi connectivity index (χ3v) is 6.56. The lowest BCUT2D eigenvalue weighted by molar-refractivity contribution is -0.121. The van der Waals surface area contributed by atoms with E-state index in [1.165, 1.54) is 6.07 Å². The highest BCUT2D eigenvalue weighted by Gasteiger charge is 2.43. The molecule has 0 spiro atoms. The summed E-state index contributed by atoms with van der Waals surface area (Å²) < 4.78 is 1.55. The van der Waals surface area contributed by atoms with E-state index in [-0.39, 0.29) is 11.5 Å². The number of benzene rings is 1. The smallest absolute Gasteiger partial charge is 0.252 e. The van der Waals surface area contributed by atoms with Crippen LogP contribution in [0.5, 0.6) is 0 Å². The van der Waals surface area contributed by atoms with E-state index >= 15 is 0 Å². The van der Waals surface area contributed by atoms with Crippen molar-refractivity contribution in [2.24, 2.45) is 0 Å². The van der Waals surface area contributed by atoms with Crippen molar-refractivity contribution in [2.45, 2.75) is 56.8 Å². The van der Waals surface area contributed by atoms with Crippen LogP contribution in [0.3, 0.4) is 0 Å². The maximum Gasteiger partial charge on any atom is 0.252 e. The second-order valence-electron chi connectivity index (χ2n) is 8.60. The number of hydrogen-bond donors (Lipinski definition) is 2. The van der Waals surface area contributed by atoms with Gasteiger partial charge < -0.3 is 5.32 Å². The molecule has 2 fully saturated rings. The second-order valence-corrected chi connectivity index (χ2v) is 9.04. The van der Waals surface area contributed by atoms with Crippen molar-refractivity contribution in [1.29, 1.82) is 0 Å². The Kier molecular flexibility index (Phi) is 4.93. The molecule has 0 saturated heterocycles. The first kappa shape index (κ1) is 20.0. The van der Waals surface area contributed by atoms with Gasteiger partial charge in [-0.05, 0) is 50.3 Å². The summed E-state index contributed by atoms with van der Waals surface area (Å²) in [4.78, 5) is 32.8. The molecule has 5 rings (SSSR count). The van der Waals surface area contributed by atoms with Gasteiger partial charge in [0, 0.05) is 28.8 Å². The molecule has 31 heavy (non-hydrogen) atoms. The fourth-order valence-electron chi connectivity index (χ4n) is 4.52. The number of nitrogens with zero attached hydrogens (tertiary/aromatic N) is 3. The van der Waals surface area contributed by atoms with Crippen molar-refractivity contribution in [1.82, 2.24) is 19.7 Å². The van der Waals surface area contributed by atoms with Crippen LogP contribution in [0.2, 0.25) is 5.02 Å². The normalized spacial score (nSPS) is 17.6. The zero-order valence-corrected chi connectivity index (χ0v) is 18.1. The Labute approximate surface area is 184 Å². The third-order valence-electron chi connectivity index (χ3n) is 6.31. The van der Waals surface area contributed by atoms with Crippen molar-refractivity contribution in [2.75, 3.05) is 5.32 Å². The van der Waals surface area contributed by atoms with Crippen molar-refractivity contribution in [3.8, 4) is 5.95 Å². The largest absolute Gasteiger partial charge is 0.310 e. The predicted octanol–water partition coefficient (Wildman–Crippen LogP) is 4.25. The number of aromatic nitrogens is 4. The summed E-state index contributed by atoms with van der Waals surface area (Å²) in [6.45, 7) is 1.76. The van der Waals surface area contributed by atoms with Crippen LogP contribution in [-0.2, 0) is 10.2 Å². The van der Waals surface area contributed by atoms with Gasteiger partial charge in [-0.25, -0.2) is 4.98 Å². The van der Waals surface area contributed by atoms with Gasteiger partial charge in [0.05, 0.1) is 11.1 Å². The molecule has 2 aromatic heterocycles. The van der Waals surface area contributed by atoms with Gasteiger partial charge in [0.15, 0.2) is 0 Å². The Morgan fingerprint density at radius 3 is 2.55 bits per heavy atom. The molecule has 2 aliphatic rings. The highest BCUT2D eigenvalue weighted by Crippen LogP contribution is 2.43. The van der Waals surface area contributed by atoms with E-state index < -0.39 is 5.41 Å². The van der Waals surface area contributed by atoms with Gasteiger partial charge in [0.25, 0.3) is 5.56 Å². The molecule has 0 radical (unpaired) electrons. The average molecular weight is 438 g/mol. The standard InChI is InChI=1S/C23H24ClN5O2/c1-14-12-20(30)27-22(25-14)29-19(13-18(28-29)15-4-5-15)26-21(31)23(10-2-3-11-23)16-6-8-17(24)9-7-16/h6-9,12-13,15H,2-5,10-11H2,1H3,(H,26,31)(H,25,27,30). The van der Waals surface area contributed by atoms with Crippen molar-refractivity contribution >= 4 is 23.3 Å². The van der Waals surface area contributed by atoms with Gasteiger partial charge >= 0.3 is 0 Å². The summed E-state index contributed by atoms with van der Waals surface area (Å²) in [6, 6.07) is 10.9. The fourth-order valence-corrected chi connectivity index (χ4v) is 4.65. The van der Waals surface area contributed by atoms with Gasteiger partial charge in [0.2, 0.25) is 11.9 Å². The van der Waals surface area contributed by atoms with Crippen LogP contribution in [0, 0.1) is 6.92 Å². The Bertz CT molecular complexity index is 1190. The monoisotopic (exact) mass is 437 g/mol. The second kappa shape index (κ2) is 7.64. The van der Waals surface area contributed by atoms with E-state index in [2.05, 4.69) is 20.4 Å². The van der Waals surface area contributed by atoms with Crippen LogP contribution in [0.25, 0.3) is 5.95 Å². The number of nitrogens with one attached hydrogen (secondary N) is 2. The third kappa shape index (κ3) is 3.78. The van der Waals surface area contributed by atoms with Gasteiger partial charge in [-0.1, -0.05) is 36.6 Å². The van der Waals surface area contributed by atoms with E-state index in [0.717, 1.165) is 49.8 Å². The number of carbonyl (C=O) groups is 1. The van der Waals surface area contributed by atoms with E-state index in [0.29, 0.717) is 28.4 Å². The van der Waals surface area contributed by atoms with Crippen LogP contribution in [0.15, 0.2) is 41.2 Å². The lowest BCUT2D eigenvalue weighted by Crippen LogP contribution is -2.38. The number of aryl methyl sites for hydroxylation is 1. The molecule has 2 heterocycles. The van der Waals surface area contributed by atoms with Gasteiger partial charge in [0.1, 0.15) is 5.82 Å². The van der Waals surface area contributed by atoms with Crippen molar-refractivity contribution < 1.29 is 4.79 Å². The summed E-state index contributed by atoms with van der Waals surface area (Å²) in [7, 11) is 0. The number of amides is 1. The molecule has 7 nitrogen and oxygen atoms in total. The molecule has 0 unspecified atom stereocenters. The number of rotatable bonds is 5. The molecule has 1 amide bonds. The first-order valence-electron chi connectivity index (χ1n) is 10.7. The Morgan fingerprint density at radius 1 is 1.19 bits per heavy atom. The molecule has 2 aliphatic carbocycles. The summed E-state index contributed by atoms with van der Waals surface area (Å²) in [5.41, 5.74) is 1.62. The van der Waals surface area contributed by atoms with Crippen LogP contribution in [-0.4, -0.2) is 25.7 Å². The van der Waals surface area contributed by atoms with Crippen LogP contribution in [0.4, 0.5) is 5.82 Å². The molecule has 2 N–H and O–H groups in total. The summed E-state index contributed by atoms with van der Waals surface area (Å²) >= 11 is 6.08. The molecule has 0 bridgehead atoms. The van der Waals surface area contributed by atoms with Crippen molar-refractivity contribution in [3.05, 3.63) is 68.7 Å². The number of anilines is 1. The molecule has 1 aromatic carbocycles. The molecule has 0 aliphatic heterocycles. The van der Waals surface area contributed by atoms with Crippen LogP contribution >= 0.6 is 11.6 Å². The molecule has 0 atom stereocenters. The minimum atomic E-state index is -0.604. The maximum absolute atomic E-state index is 13.7. The highest BCUT2D eigenvalue weighted by molar-refractivity contribution is 6.30. The lowest BCUT2D eigenvalue weighted by Gasteiger charge is -2.28. The topological polar surface area (TPSA) is 92.7 Å². The van der Waals surface area contributed by atoms with Crippen LogP contribution < -0.4 is 10.9 Å². The van der Waals surface area contributed by atoms with E-state index in [4.69, 9.17) is 11.6 Å². The minimum absolute atomic E-state index is 0.0641. The highest BCUT2D eigenvalue weighted by atomic mass is 35.5. The summed E-state index contributed by atoms with van der Waals surface area (Å²) in [6.07, 6.45) is 5.71. The summed E-state index contributed by atoms with van der Waals surface area (Å²) in [5.74, 6) is 1.16. The van der Waals surface area contributed by atoms with Crippen molar-refractivity contribution in [3.63, 3.8) is 0 Å². The Morgan fingerprint density at radius 2 is 1.90 bits per heavy atom. The zero-order valence-electron chi connectivity index (χ0n) is 17.3. The SMILES string of the molecule is Cc1cc(=O)[nH]c(-n2nc(C3CC3)cc2NC(=O)C2(c3ccc(Cl)cc3)CCCC2)n1.